The maximum Gasteiger partial charge on any atom is 0.332 e. The number of hydrogen-bond acceptors (Lipinski definition) is 4. The van der Waals surface area contributed by atoms with E-state index in [9.17, 15) is 14.4 Å². The third-order valence-electron chi connectivity index (χ3n) is 5.11. The Morgan fingerprint density at radius 2 is 1.73 bits per heavy atom. The van der Waals surface area contributed by atoms with Crippen LogP contribution < -0.4 is 11.2 Å². The van der Waals surface area contributed by atoms with E-state index >= 15 is 0 Å². The second kappa shape index (κ2) is 7.87. The Kier molecular flexibility index (Phi) is 5.26. The summed E-state index contributed by atoms with van der Waals surface area (Å²) in [6.45, 7) is 0.423. The molecular weight excluding hydrogens is 448 g/mol. The lowest BCUT2D eigenvalue weighted by atomic mass is 10.1. The quantitative estimate of drug-likeness (QED) is 0.423. The fourth-order valence-corrected chi connectivity index (χ4v) is 4.02. The molecule has 2 aromatic carbocycles. The van der Waals surface area contributed by atoms with Crippen LogP contribution in [0.25, 0.3) is 11.2 Å². The van der Waals surface area contributed by atoms with Crippen molar-refractivity contribution in [2.45, 2.75) is 13.0 Å². The summed E-state index contributed by atoms with van der Waals surface area (Å²) < 4.78 is 5.27. The number of rotatable bonds is 5. The fraction of sp³-hybridized carbons (Fsp3) is 0.182. The maximum absolute atomic E-state index is 13.0. The highest BCUT2D eigenvalue weighted by atomic mass is 79.9. The van der Waals surface area contributed by atoms with Gasteiger partial charge < -0.3 is 4.57 Å². The van der Waals surface area contributed by atoms with Gasteiger partial charge >= 0.3 is 5.69 Å². The molecule has 0 fully saturated rings. The number of benzene rings is 2. The third-order valence-corrected chi connectivity index (χ3v) is 5.60. The van der Waals surface area contributed by atoms with Crippen LogP contribution in [-0.4, -0.2) is 25.0 Å². The number of carbonyl (C=O) groups excluding carboxylic acids is 1. The first-order chi connectivity index (χ1) is 14.4. The largest absolute Gasteiger partial charge is 0.332 e. The van der Waals surface area contributed by atoms with Gasteiger partial charge in [0.2, 0.25) is 0 Å². The highest BCUT2D eigenvalue weighted by Gasteiger charge is 2.19. The van der Waals surface area contributed by atoms with E-state index in [1.54, 1.807) is 19.2 Å². The molecule has 0 aliphatic carbocycles. The molecule has 0 bridgehead atoms. The second-order valence-electron chi connectivity index (χ2n) is 7.16. The average Bonchev–Trinajstić information content (AvgIpc) is 3.09. The van der Waals surface area contributed by atoms with E-state index < -0.39 is 5.69 Å². The predicted molar refractivity (Wildman–Crippen MR) is 118 cm³/mol. The molecule has 8 heteroatoms. The van der Waals surface area contributed by atoms with E-state index in [0.717, 1.165) is 26.5 Å². The number of aromatic nitrogens is 4. The van der Waals surface area contributed by atoms with Crippen LogP contribution in [0, 0.1) is 0 Å². The molecule has 0 aliphatic heterocycles. The Bertz CT molecular complexity index is 1400. The molecule has 4 aromatic rings. The van der Waals surface area contributed by atoms with Gasteiger partial charge in [-0.1, -0.05) is 46.3 Å². The minimum atomic E-state index is -0.422. The Hall–Kier alpha value is -3.26. The topological polar surface area (TPSA) is 78.9 Å². The molecule has 0 aliphatic rings. The van der Waals surface area contributed by atoms with E-state index in [-0.39, 0.29) is 5.56 Å². The van der Waals surface area contributed by atoms with Gasteiger partial charge in [-0.25, -0.2) is 9.78 Å². The number of imidazole rings is 1. The van der Waals surface area contributed by atoms with Gasteiger partial charge in [0.15, 0.2) is 11.2 Å². The average molecular weight is 467 g/mol. The summed E-state index contributed by atoms with van der Waals surface area (Å²) in [5.74, 6) is 0.645. The molecule has 7 nitrogen and oxygen atoms in total. The van der Waals surface area contributed by atoms with Crippen LogP contribution in [0.1, 0.15) is 27.3 Å². The number of aldehydes is 1. The number of hydrogen-bond donors (Lipinski definition) is 0. The molecule has 30 heavy (non-hydrogen) atoms. The van der Waals surface area contributed by atoms with E-state index in [1.165, 1.54) is 11.6 Å². The smallest absolute Gasteiger partial charge is 0.317 e. The molecule has 2 aromatic heterocycles. The lowest BCUT2D eigenvalue weighted by Gasteiger charge is -2.11. The Morgan fingerprint density at radius 1 is 1.00 bits per heavy atom. The van der Waals surface area contributed by atoms with Crippen molar-refractivity contribution in [2.24, 2.45) is 14.1 Å². The Balaban J connectivity index is 1.95. The third kappa shape index (κ3) is 3.54. The minimum Gasteiger partial charge on any atom is -0.317 e. The standard InChI is InChI=1S/C22H19BrN4O3/c1-25-20-19(21(29)26(2)22(25)30)27(12-15-6-4-8-17(23)10-15)18(24-20)11-14-5-3-7-16(9-14)13-28/h3-10,13H,11-12H2,1-2H3. The summed E-state index contributed by atoms with van der Waals surface area (Å²) in [6, 6.07) is 15.1. The van der Waals surface area contributed by atoms with Gasteiger partial charge in [0, 0.05) is 37.1 Å². The van der Waals surface area contributed by atoms with Gasteiger partial charge in [0.25, 0.3) is 5.56 Å². The van der Waals surface area contributed by atoms with Crippen molar-refractivity contribution in [3.8, 4) is 0 Å². The Morgan fingerprint density at radius 3 is 2.47 bits per heavy atom. The highest BCUT2D eigenvalue weighted by Crippen LogP contribution is 2.19. The monoisotopic (exact) mass is 466 g/mol. The summed E-state index contributed by atoms with van der Waals surface area (Å²) in [6.07, 6.45) is 1.22. The lowest BCUT2D eigenvalue weighted by molar-refractivity contribution is 0.112. The maximum atomic E-state index is 13.0. The number of fused-ring (bicyclic) bond motifs is 1. The van der Waals surface area contributed by atoms with Crippen LogP contribution in [0.3, 0.4) is 0 Å². The molecule has 0 saturated heterocycles. The van der Waals surface area contributed by atoms with Crippen LogP contribution in [0.5, 0.6) is 0 Å². The normalized spacial score (nSPS) is 11.2. The predicted octanol–water partition coefficient (Wildman–Crippen LogP) is 2.65. The van der Waals surface area contributed by atoms with Crippen molar-refractivity contribution in [3.05, 3.63) is 96.4 Å². The van der Waals surface area contributed by atoms with E-state index in [2.05, 4.69) is 20.9 Å². The zero-order valence-corrected chi connectivity index (χ0v) is 18.1. The number of nitrogens with zero attached hydrogens (tertiary/aromatic N) is 4. The van der Waals surface area contributed by atoms with Gasteiger partial charge in [-0.2, -0.15) is 0 Å². The second-order valence-corrected chi connectivity index (χ2v) is 8.08. The van der Waals surface area contributed by atoms with Crippen molar-refractivity contribution in [1.82, 2.24) is 18.7 Å². The summed E-state index contributed by atoms with van der Waals surface area (Å²) in [5, 5.41) is 0. The van der Waals surface area contributed by atoms with Crippen molar-refractivity contribution in [2.75, 3.05) is 0 Å². The van der Waals surface area contributed by atoms with Crippen molar-refractivity contribution in [1.29, 1.82) is 0 Å². The van der Waals surface area contributed by atoms with E-state index in [1.807, 2.05) is 41.0 Å². The highest BCUT2D eigenvalue weighted by molar-refractivity contribution is 9.10. The molecule has 0 atom stereocenters. The number of halogens is 1. The van der Waals surface area contributed by atoms with Crippen molar-refractivity contribution in [3.63, 3.8) is 0 Å². The molecule has 152 valence electrons. The minimum absolute atomic E-state index is 0.347. The first-order valence-corrected chi connectivity index (χ1v) is 10.1. The molecule has 0 radical (unpaired) electrons. The van der Waals surface area contributed by atoms with Crippen LogP contribution in [0.4, 0.5) is 0 Å². The van der Waals surface area contributed by atoms with E-state index in [4.69, 9.17) is 0 Å². The van der Waals surface area contributed by atoms with Gasteiger partial charge in [0.05, 0.1) is 0 Å². The van der Waals surface area contributed by atoms with Crippen LogP contribution in [-0.2, 0) is 27.1 Å². The van der Waals surface area contributed by atoms with E-state index in [0.29, 0.717) is 35.5 Å². The number of carbonyl (C=O) groups is 1. The van der Waals surface area contributed by atoms with Crippen LogP contribution in [0.2, 0.25) is 0 Å². The molecule has 0 saturated carbocycles. The summed E-state index contributed by atoms with van der Waals surface area (Å²) in [4.78, 5) is 41.2. The number of aryl methyl sites for hydroxylation is 1. The van der Waals surface area contributed by atoms with Crippen LogP contribution in [0.15, 0.2) is 62.6 Å². The summed E-state index contributed by atoms with van der Waals surface area (Å²) in [5.41, 5.74) is 2.37. The zero-order chi connectivity index (χ0) is 21.4. The molecular formula is C22H19BrN4O3. The van der Waals surface area contributed by atoms with Crippen molar-refractivity contribution < 1.29 is 4.79 Å². The molecule has 0 spiro atoms. The summed E-state index contributed by atoms with van der Waals surface area (Å²) in [7, 11) is 3.07. The molecule has 2 heterocycles. The van der Waals surface area contributed by atoms with Crippen LogP contribution >= 0.6 is 15.9 Å². The van der Waals surface area contributed by atoms with Gasteiger partial charge in [-0.15, -0.1) is 0 Å². The molecule has 4 rings (SSSR count). The van der Waals surface area contributed by atoms with Gasteiger partial charge in [-0.3, -0.25) is 18.7 Å². The Labute approximate surface area is 180 Å². The molecule has 0 amide bonds. The zero-order valence-electron chi connectivity index (χ0n) is 16.5. The lowest BCUT2D eigenvalue weighted by Crippen LogP contribution is -2.37. The van der Waals surface area contributed by atoms with Crippen molar-refractivity contribution >= 4 is 33.4 Å². The molecule has 0 unspecified atom stereocenters. The van der Waals surface area contributed by atoms with Gasteiger partial charge in [-0.05, 0) is 29.3 Å². The first-order valence-electron chi connectivity index (χ1n) is 9.32. The first kappa shape index (κ1) is 20.0. The summed E-state index contributed by atoms with van der Waals surface area (Å²) >= 11 is 3.48. The van der Waals surface area contributed by atoms with Gasteiger partial charge in [0.1, 0.15) is 12.1 Å². The fourth-order valence-electron chi connectivity index (χ4n) is 3.57. The molecule has 0 N–H and O–H groups in total. The SMILES string of the molecule is Cn1c(=O)c2c(nc(Cc3cccc(C=O)c3)n2Cc2cccc(Br)c2)n(C)c1=O.